The van der Waals surface area contributed by atoms with Crippen LogP contribution in [0.3, 0.4) is 0 Å². The molecule has 2 rings (SSSR count). The summed E-state index contributed by atoms with van der Waals surface area (Å²) < 4.78 is 0. The standard InChI is InChI=1S/C17H20N2O3/c1-2-12-6-5-8-14(10-12)19-17(22)16(21)18-11-13-7-3-4-9-15(13)20/h1,5-6,8,10,13,15,20H,3-4,7,9,11H2,(H,18,21)(H,19,22)/t13-,15-/m1/s1. The molecule has 1 fully saturated rings. The van der Waals surface area contributed by atoms with E-state index in [2.05, 4.69) is 16.6 Å². The third-order valence-corrected chi connectivity index (χ3v) is 3.89. The first-order valence-corrected chi connectivity index (χ1v) is 7.44. The number of carbonyl (C=O) groups is 2. The molecule has 22 heavy (non-hydrogen) atoms. The van der Waals surface area contributed by atoms with Crippen LogP contribution >= 0.6 is 0 Å². The SMILES string of the molecule is C#Cc1cccc(NC(=O)C(=O)NC[C@H]2CCCC[C@H]2O)c1. The van der Waals surface area contributed by atoms with Crippen LogP contribution in [0.4, 0.5) is 5.69 Å². The lowest BCUT2D eigenvalue weighted by molar-refractivity contribution is -0.136. The Morgan fingerprint density at radius 2 is 2.05 bits per heavy atom. The number of amides is 2. The van der Waals surface area contributed by atoms with Crippen molar-refractivity contribution in [3.05, 3.63) is 29.8 Å². The van der Waals surface area contributed by atoms with E-state index in [0.717, 1.165) is 25.7 Å². The first kappa shape index (κ1) is 16.1. The van der Waals surface area contributed by atoms with Gasteiger partial charge in [-0.25, -0.2) is 0 Å². The monoisotopic (exact) mass is 300 g/mol. The van der Waals surface area contributed by atoms with Crippen molar-refractivity contribution in [1.82, 2.24) is 5.32 Å². The first-order chi connectivity index (χ1) is 10.6. The van der Waals surface area contributed by atoms with E-state index >= 15 is 0 Å². The summed E-state index contributed by atoms with van der Waals surface area (Å²) in [4.78, 5) is 23.6. The lowest BCUT2D eigenvalue weighted by atomic mass is 9.86. The van der Waals surface area contributed by atoms with E-state index in [0.29, 0.717) is 17.8 Å². The first-order valence-electron chi connectivity index (χ1n) is 7.44. The summed E-state index contributed by atoms with van der Waals surface area (Å²) in [6.45, 7) is 0.317. The van der Waals surface area contributed by atoms with E-state index in [1.165, 1.54) is 0 Å². The van der Waals surface area contributed by atoms with Crippen LogP contribution in [0.15, 0.2) is 24.3 Å². The molecule has 0 bridgehead atoms. The minimum atomic E-state index is -0.737. The third-order valence-electron chi connectivity index (χ3n) is 3.89. The summed E-state index contributed by atoms with van der Waals surface area (Å²) in [5, 5.41) is 14.9. The largest absolute Gasteiger partial charge is 0.393 e. The Morgan fingerprint density at radius 3 is 2.77 bits per heavy atom. The number of aliphatic hydroxyl groups excluding tert-OH is 1. The quantitative estimate of drug-likeness (QED) is 0.581. The maximum atomic E-state index is 11.8. The lowest BCUT2D eigenvalue weighted by Gasteiger charge is -2.27. The Labute approximate surface area is 130 Å². The summed E-state index contributed by atoms with van der Waals surface area (Å²) in [5.41, 5.74) is 1.11. The molecule has 2 amide bonds. The van der Waals surface area contributed by atoms with Gasteiger partial charge in [0.15, 0.2) is 0 Å². The summed E-state index contributed by atoms with van der Waals surface area (Å²) in [6.07, 6.45) is 8.57. The smallest absolute Gasteiger partial charge is 0.313 e. The van der Waals surface area contributed by atoms with Crippen molar-refractivity contribution in [1.29, 1.82) is 0 Å². The fraction of sp³-hybridized carbons (Fsp3) is 0.412. The van der Waals surface area contributed by atoms with Crippen LogP contribution in [0.2, 0.25) is 0 Å². The van der Waals surface area contributed by atoms with Gasteiger partial charge < -0.3 is 15.7 Å². The fourth-order valence-electron chi connectivity index (χ4n) is 2.60. The number of carbonyl (C=O) groups excluding carboxylic acids is 2. The second kappa shape index (κ2) is 7.62. The molecule has 2 atom stereocenters. The highest BCUT2D eigenvalue weighted by Crippen LogP contribution is 2.23. The number of hydrogen-bond donors (Lipinski definition) is 3. The highest BCUT2D eigenvalue weighted by atomic mass is 16.3. The molecule has 0 saturated heterocycles. The highest BCUT2D eigenvalue weighted by Gasteiger charge is 2.24. The van der Waals surface area contributed by atoms with Crippen molar-refractivity contribution in [2.45, 2.75) is 31.8 Å². The van der Waals surface area contributed by atoms with E-state index in [4.69, 9.17) is 6.42 Å². The minimum absolute atomic E-state index is 0.0234. The van der Waals surface area contributed by atoms with Crippen LogP contribution < -0.4 is 10.6 Å². The Hall–Kier alpha value is -2.32. The van der Waals surface area contributed by atoms with E-state index in [-0.39, 0.29) is 5.92 Å². The van der Waals surface area contributed by atoms with Crippen LogP contribution in [-0.4, -0.2) is 29.6 Å². The Bertz CT molecular complexity index is 592. The molecule has 116 valence electrons. The molecule has 1 aromatic carbocycles. The van der Waals surface area contributed by atoms with Crippen molar-refractivity contribution < 1.29 is 14.7 Å². The minimum Gasteiger partial charge on any atom is -0.393 e. The number of nitrogens with one attached hydrogen (secondary N) is 2. The topological polar surface area (TPSA) is 78.4 Å². The van der Waals surface area contributed by atoms with Gasteiger partial charge in [-0.3, -0.25) is 9.59 Å². The average Bonchev–Trinajstić information content (AvgIpc) is 2.54. The van der Waals surface area contributed by atoms with Crippen LogP contribution in [0.1, 0.15) is 31.2 Å². The van der Waals surface area contributed by atoms with Gasteiger partial charge in [-0.2, -0.15) is 0 Å². The third kappa shape index (κ3) is 4.34. The predicted molar refractivity (Wildman–Crippen MR) is 84.0 cm³/mol. The zero-order chi connectivity index (χ0) is 15.9. The zero-order valence-electron chi connectivity index (χ0n) is 12.3. The molecular formula is C17H20N2O3. The Morgan fingerprint density at radius 1 is 1.27 bits per heavy atom. The molecule has 1 aliphatic carbocycles. The fourth-order valence-corrected chi connectivity index (χ4v) is 2.60. The summed E-state index contributed by atoms with van der Waals surface area (Å²) in [7, 11) is 0. The molecule has 0 radical (unpaired) electrons. The number of hydrogen-bond acceptors (Lipinski definition) is 3. The average molecular weight is 300 g/mol. The molecule has 1 aliphatic rings. The summed E-state index contributed by atoms with van der Waals surface area (Å²) in [5.74, 6) is 1.05. The number of aliphatic hydroxyl groups is 1. The molecule has 1 aromatic rings. The maximum Gasteiger partial charge on any atom is 0.313 e. The van der Waals surface area contributed by atoms with E-state index < -0.39 is 17.9 Å². The maximum absolute atomic E-state index is 11.8. The molecule has 0 aromatic heterocycles. The van der Waals surface area contributed by atoms with Gasteiger partial charge in [0, 0.05) is 23.7 Å². The number of rotatable bonds is 3. The van der Waals surface area contributed by atoms with Gasteiger partial charge in [0.2, 0.25) is 0 Å². The van der Waals surface area contributed by atoms with Gasteiger partial charge in [-0.15, -0.1) is 6.42 Å². The van der Waals surface area contributed by atoms with E-state index in [1.807, 2.05) is 0 Å². The van der Waals surface area contributed by atoms with E-state index in [9.17, 15) is 14.7 Å². The second-order valence-electron chi connectivity index (χ2n) is 5.50. The van der Waals surface area contributed by atoms with Crippen LogP contribution in [0, 0.1) is 18.3 Å². The normalized spacial score (nSPS) is 20.7. The molecule has 5 nitrogen and oxygen atoms in total. The number of benzene rings is 1. The highest BCUT2D eigenvalue weighted by molar-refractivity contribution is 6.39. The van der Waals surface area contributed by atoms with Crippen LogP contribution in [-0.2, 0) is 9.59 Å². The van der Waals surface area contributed by atoms with Crippen LogP contribution in [0.5, 0.6) is 0 Å². The molecule has 0 unspecified atom stereocenters. The predicted octanol–water partition coefficient (Wildman–Crippen LogP) is 1.27. The van der Waals surface area contributed by atoms with Crippen molar-refractivity contribution in [2.75, 3.05) is 11.9 Å². The Kier molecular flexibility index (Phi) is 5.56. The molecule has 5 heteroatoms. The van der Waals surface area contributed by atoms with Gasteiger partial charge in [0.05, 0.1) is 6.10 Å². The second-order valence-corrected chi connectivity index (χ2v) is 5.50. The summed E-state index contributed by atoms with van der Waals surface area (Å²) in [6, 6.07) is 6.73. The molecule has 0 heterocycles. The molecule has 0 aliphatic heterocycles. The zero-order valence-corrected chi connectivity index (χ0v) is 12.3. The van der Waals surface area contributed by atoms with Gasteiger partial charge in [0.25, 0.3) is 0 Å². The van der Waals surface area contributed by atoms with Gasteiger partial charge in [-0.1, -0.05) is 24.8 Å². The number of anilines is 1. The van der Waals surface area contributed by atoms with Crippen LogP contribution in [0.25, 0.3) is 0 Å². The van der Waals surface area contributed by atoms with Crippen molar-refractivity contribution in [2.24, 2.45) is 5.92 Å². The van der Waals surface area contributed by atoms with Crippen molar-refractivity contribution >= 4 is 17.5 Å². The molecule has 0 spiro atoms. The number of terminal acetylenes is 1. The van der Waals surface area contributed by atoms with Crippen molar-refractivity contribution in [3.63, 3.8) is 0 Å². The van der Waals surface area contributed by atoms with E-state index in [1.54, 1.807) is 24.3 Å². The lowest BCUT2D eigenvalue weighted by Crippen LogP contribution is -2.41. The summed E-state index contributed by atoms with van der Waals surface area (Å²) >= 11 is 0. The molecular weight excluding hydrogens is 280 g/mol. The van der Waals surface area contributed by atoms with Crippen molar-refractivity contribution in [3.8, 4) is 12.3 Å². The van der Waals surface area contributed by atoms with Gasteiger partial charge >= 0.3 is 11.8 Å². The molecule has 3 N–H and O–H groups in total. The van der Waals surface area contributed by atoms with Gasteiger partial charge in [0.1, 0.15) is 0 Å². The Balaban J connectivity index is 1.84. The molecule has 1 saturated carbocycles. The van der Waals surface area contributed by atoms with Gasteiger partial charge in [-0.05, 0) is 31.0 Å².